The number of alkyl halides is 2. The molecule has 0 spiro atoms. The van der Waals surface area contributed by atoms with Crippen molar-refractivity contribution >= 4 is 11.4 Å². The van der Waals surface area contributed by atoms with E-state index in [0.717, 1.165) is 6.20 Å². The summed E-state index contributed by atoms with van der Waals surface area (Å²) in [7, 11) is 0. The molecule has 0 unspecified atom stereocenters. The summed E-state index contributed by atoms with van der Waals surface area (Å²) in [5.41, 5.74) is 3.60. The minimum absolute atomic E-state index is 0.158. The maximum atomic E-state index is 12.4. The third kappa shape index (κ3) is 1.61. The van der Waals surface area contributed by atoms with Gasteiger partial charge in [-0.3, -0.25) is 15.1 Å². The van der Waals surface area contributed by atoms with Crippen molar-refractivity contribution in [3.8, 4) is 0 Å². The number of rotatable bonds is 2. The van der Waals surface area contributed by atoms with Gasteiger partial charge in [0, 0.05) is 0 Å². The normalized spacial score (nSPS) is 10.6. The van der Waals surface area contributed by atoms with Crippen LogP contribution < -0.4 is 5.73 Å². The van der Waals surface area contributed by atoms with Crippen LogP contribution in [0.5, 0.6) is 0 Å². The van der Waals surface area contributed by atoms with E-state index in [-0.39, 0.29) is 11.4 Å². The van der Waals surface area contributed by atoms with Crippen molar-refractivity contribution in [1.29, 1.82) is 0 Å². The second kappa shape index (κ2) is 3.52. The van der Waals surface area contributed by atoms with Crippen molar-refractivity contribution in [2.45, 2.75) is 13.3 Å². The molecule has 0 radical (unpaired) electrons. The summed E-state index contributed by atoms with van der Waals surface area (Å²) in [5, 5.41) is 10.4. The number of aryl methyl sites for hydroxylation is 1. The van der Waals surface area contributed by atoms with Gasteiger partial charge in [-0.15, -0.1) is 0 Å². The average molecular weight is 203 g/mol. The zero-order chi connectivity index (χ0) is 10.9. The molecular weight excluding hydrogens is 196 g/mol. The van der Waals surface area contributed by atoms with Crippen molar-refractivity contribution in [2.24, 2.45) is 0 Å². The molecule has 0 aliphatic rings. The number of nitrogen functional groups attached to an aromatic ring is 1. The molecule has 1 heterocycles. The van der Waals surface area contributed by atoms with Gasteiger partial charge in [-0.1, -0.05) is 0 Å². The second-order valence-electron chi connectivity index (χ2n) is 2.61. The van der Waals surface area contributed by atoms with Gasteiger partial charge in [-0.25, -0.2) is 8.78 Å². The predicted molar refractivity (Wildman–Crippen MR) is 45.0 cm³/mol. The highest BCUT2D eigenvalue weighted by atomic mass is 19.3. The molecule has 0 atom stereocenters. The number of hydrogen-bond acceptors (Lipinski definition) is 4. The van der Waals surface area contributed by atoms with Gasteiger partial charge in [-0.2, -0.15) is 0 Å². The number of nitrogens with zero attached hydrogens (tertiary/aromatic N) is 2. The Labute approximate surface area is 77.7 Å². The van der Waals surface area contributed by atoms with Crippen LogP contribution in [0.3, 0.4) is 0 Å². The number of nitro groups is 1. The fourth-order valence-corrected chi connectivity index (χ4v) is 1.00. The van der Waals surface area contributed by atoms with Gasteiger partial charge in [0.05, 0.1) is 16.3 Å². The third-order valence-electron chi connectivity index (χ3n) is 1.75. The number of pyridine rings is 1. The molecule has 7 heteroatoms. The van der Waals surface area contributed by atoms with Gasteiger partial charge in [0.1, 0.15) is 11.8 Å². The first-order valence-corrected chi connectivity index (χ1v) is 3.62. The molecule has 0 fully saturated rings. The van der Waals surface area contributed by atoms with Crippen LogP contribution >= 0.6 is 0 Å². The lowest BCUT2D eigenvalue weighted by Gasteiger charge is -2.06. The highest BCUT2D eigenvalue weighted by Crippen LogP contribution is 2.34. The van der Waals surface area contributed by atoms with E-state index in [4.69, 9.17) is 5.73 Å². The van der Waals surface area contributed by atoms with Crippen LogP contribution in [-0.4, -0.2) is 9.91 Å². The first kappa shape index (κ1) is 10.3. The molecule has 14 heavy (non-hydrogen) atoms. The largest absolute Gasteiger partial charge is 0.397 e. The Kier molecular flexibility index (Phi) is 2.59. The van der Waals surface area contributed by atoms with E-state index in [9.17, 15) is 18.9 Å². The third-order valence-corrected chi connectivity index (χ3v) is 1.75. The summed E-state index contributed by atoms with van der Waals surface area (Å²) in [5.74, 6) is 0. The molecule has 0 bridgehead atoms. The lowest BCUT2D eigenvalue weighted by molar-refractivity contribution is -0.386. The monoisotopic (exact) mass is 203 g/mol. The molecule has 1 aromatic heterocycles. The number of nitrogens with two attached hydrogens (primary N) is 1. The molecule has 0 aromatic carbocycles. The summed E-state index contributed by atoms with van der Waals surface area (Å²) in [6, 6.07) is 0. The molecule has 1 aromatic rings. The molecule has 5 nitrogen and oxygen atoms in total. The van der Waals surface area contributed by atoms with E-state index in [1.807, 2.05) is 0 Å². The Bertz CT molecular complexity index is 381. The van der Waals surface area contributed by atoms with E-state index in [1.165, 1.54) is 6.92 Å². The fourth-order valence-electron chi connectivity index (χ4n) is 1.00. The summed E-state index contributed by atoms with van der Waals surface area (Å²) in [4.78, 5) is 13.0. The quantitative estimate of drug-likeness (QED) is 0.587. The molecule has 0 saturated carbocycles. The topological polar surface area (TPSA) is 82.0 Å². The second-order valence-corrected chi connectivity index (χ2v) is 2.61. The summed E-state index contributed by atoms with van der Waals surface area (Å²) in [6.45, 7) is 1.41. The van der Waals surface area contributed by atoms with Crippen LogP contribution in [0.1, 0.15) is 17.7 Å². The first-order valence-electron chi connectivity index (χ1n) is 3.62. The maximum absolute atomic E-state index is 12.4. The van der Waals surface area contributed by atoms with E-state index in [0.29, 0.717) is 0 Å². The van der Waals surface area contributed by atoms with Crippen LogP contribution in [-0.2, 0) is 0 Å². The van der Waals surface area contributed by atoms with Gasteiger partial charge in [0.2, 0.25) is 0 Å². The van der Waals surface area contributed by atoms with Gasteiger partial charge < -0.3 is 5.73 Å². The molecule has 0 amide bonds. The van der Waals surface area contributed by atoms with Gasteiger partial charge in [0.25, 0.3) is 12.1 Å². The molecule has 0 aliphatic heterocycles. The number of halogens is 2. The van der Waals surface area contributed by atoms with Crippen LogP contribution in [0.2, 0.25) is 0 Å². The summed E-state index contributed by atoms with van der Waals surface area (Å²) in [6.07, 6.45) is -2.19. The minimum atomic E-state index is -2.97. The predicted octanol–water partition coefficient (Wildman–Crippen LogP) is 1.82. The lowest BCUT2D eigenvalue weighted by Crippen LogP contribution is -2.04. The van der Waals surface area contributed by atoms with Crippen LogP contribution in [0.15, 0.2) is 6.20 Å². The van der Waals surface area contributed by atoms with Crippen molar-refractivity contribution in [2.75, 3.05) is 5.73 Å². The van der Waals surface area contributed by atoms with Gasteiger partial charge >= 0.3 is 0 Å². The SMILES string of the molecule is Cc1ncc([N+](=O)[O-])c(C(F)F)c1N. The Balaban J connectivity index is 3.45. The van der Waals surface area contributed by atoms with E-state index in [2.05, 4.69) is 4.98 Å². The fraction of sp³-hybridized carbons (Fsp3) is 0.286. The molecule has 0 saturated heterocycles. The molecule has 2 N–H and O–H groups in total. The van der Waals surface area contributed by atoms with Crippen LogP contribution in [0, 0.1) is 17.0 Å². The number of hydrogen-bond donors (Lipinski definition) is 1. The Hall–Kier alpha value is -1.79. The Morgan fingerprint density at radius 3 is 2.64 bits per heavy atom. The van der Waals surface area contributed by atoms with E-state index >= 15 is 0 Å². The van der Waals surface area contributed by atoms with Crippen LogP contribution in [0.25, 0.3) is 0 Å². The van der Waals surface area contributed by atoms with Crippen molar-refractivity contribution < 1.29 is 13.7 Å². The lowest BCUT2D eigenvalue weighted by atomic mass is 10.1. The Morgan fingerprint density at radius 1 is 1.64 bits per heavy atom. The highest BCUT2D eigenvalue weighted by Gasteiger charge is 2.26. The van der Waals surface area contributed by atoms with Gasteiger partial charge in [-0.05, 0) is 6.92 Å². The smallest absolute Gasteiger partial charge is 0.298 e. The first-order chi connectivity index (χ1) is 6.45. The van der Waals surface area contributed by atoms with E-state index in [1.54, 1.807) is 0 Å². The zero-order valence-electron chi connectivity index (χ0n) is 7.20. The zero-order valence-corrected chi connectivity index (χ0v) is 7.20. The number of anilines is 1. The Morgan fingerprint density at radius 2 is 2.21 bits per heavy atom. The van der Waals surface area contributed by atoms with Gasteiger partial charge in [0.15, 0.2) is 0 Å². The molecular formula is C7H7F2N3O2. The minimum Gasteiger partial charge on any atom is -0.397 e. The summed E-state index contributed by atoms with van der Waals surface area (Å²) < 4.78 is 24.8. The van der Waals surface area contributed by atoms with Crippen molar-refractivity contribution in [3.63, 3.8) is 0 Å². The highest BCUT2D eigenvalue weighted by molar-refractivity contribution is 5.59. The standard InChI is InChI=1S/C7H7F2N3O2/c1-3-6(10)5(7(8)9)4(2-11-3)12(13)14/h2,7H,10H2,1H3. The molecule has 0 aliphatic carbocycles. The van der Waals surface area contributed by atoms with Crippen molar-refractivity contribution in [1.82, 2.24) is 4.98 Å². The molecule has 76 valence electrons. The van der Waals surface area contributed by atoms with Crippen LogP contribution in [0.4, 0.5) is 20.2 Å². The molecule has 1 rings (SSSR count). The maximum Gasteiger partial charge on any atom is 0.298 e. The number of aromatic nitrogens is 1. The summed E-state index contributed by atoms with van der Waals surface area (Å²) >= 11 is 0. The van der Waals surface area contributed by atoms with E-state index < -0.39 is 22.6 Å². The van der Waals surface area contributed by atoms with Crippen molar-refractivity contribution in [3.05, 3.63) is 27.6 Å². The average Bonchev–Trinajstić information content (AvgIpc) is 2.08.